The lowest BCUT2D eigenvalue weighted by molar-refractivity contribution is -0.141. The van der Waals surface area contributed by atoms with Gasteiger partial charge in [0.25, 0.3) is 0 Å². The summed E-state index contributed by atoms with van der Waals surface area (Å²) in [4.78, 5) is 1.30. The van der Waals surface area contributed by atoms with E-state index in [1.165, 1.54) is 14.6 Å². The van der Waals surface area contributed by atoms with Gasteiger partial charge in [0.05, 0.1) is 4.21 Å². The molecule has 4 heteroatoms. The van der Waals surface area contributed by atoms with Crippen molar-refractivity contribution in [3.8, 4) is 0 Å². The molecule has 86 valence electrons. The molecule has 0 fully saturated rings. The van der Waals surface area contributed by atoms with E-state index in [1.54, 1.807) is 23.1 Å². The fraction of sp³-hybridized carbons (Fsp3) is 0.636. The average Bonchev–Trinajstić information content (AvgIpc) is 2.59. The first-order valence-corrected chi connectivity index (χ1v) is 7.14. The van der Waals surface area contributed by atoms with Crippen LogP contribution in [0.4, 0.5) is 0 Å². The Labute approximate surface area is 100.0 Å². The summed E-state index contributed by atoms with van der Waals surface area (Å²) in [7, 11) is 0. The van der Waals surface area contributed by atoms with E-state index in [0.717, 1.165) is 0 Å². The molecule has 1 aromatic heterocycles. The lowest BCUT2D eigenvalue weighted by Gasteiger charge is -2.16. The van der Waals surface area contributed by atoms with Gasteiger partial charge in [0.1, 0.15) is 0 Å². The van der Waals surface area contributed by atoms with Gasteiger partial charge in [-0.15, -0.1) is 23.1 Å². The number of thiophene rings is 1. The summed E-state index contributed by atoms with van der Waals surface area (Å²) in [6.45, 7) is 7.44. The van der Waals surface area contributed by atoms with Crippen molar-refractivity contribution >= 4 is 23.1 Å². The first-order valence-electron chi connectivity index (χ1n) is 5.10. The van der Waals surface area contributed by atoms with Crippen LogP contribution >= 0.6 is 23.1 Å². The molecular weight excluding hydrogens is 228 g/mol. The number of aryl methyl sites for hydroxylation is 1. The topological polar surface area (TPSA) is 18.5 Å². The molecule has 15 heavy (non-hydrogen) atoms. The molecule has 0 saturated carbocycles. The number of thioether (sulfide) groups is 1. The summed E-state index contributed by atoms with van der Waals surface area (Å²) in [6.07, 6.45) is 1.89. The van der Waals surface area contributed by atoms with Crippen LogP contribution in [-0.4, -0.2) is 19.5 Å². The van der Waals surface area contributed by atoms with Crippen LogP contribution in [0.5, 0.6) is 0 Å². The van der Waals surface area contributed by atoms with Gasteiger partial charge in [-0.25, -0.2) is 0 Å². The van der Waals surface area contributed by atoms with Gasteiger partial charge in [-0.1, -0.05) is 0 Å². The quantitative estimate of drug-likeness (QED) is 0.561. The third-order valence-electron chi connectivity index (χ3n) is 1.92. The third kappa shape index (κ3) is 3.48. The Kier molecular flexibility index (Phi) is 5.68. The summed E-state index contributed by atoms with van der Waals surface area (Å²) in [5.41, 5.74) is 1.17. The second-order valence-electron chi connectivity index (χ2n) is 3.05. The van der Waals surface area contributed by atoms with E-state index in [9.17, 15) is 0 Å². The Morgan fingerprint density at radius 3 is 2.40 bits per heavy atom. The maximum absolute atomic E-state index is 5.60. The predicted octanol–water partition coefficient (Wildman–Crippen LogP) is 3.85. The van der Waals surface area contributed by atoms with Gasteiger partial charge in [0, 0.05) is 23.7 Å². The monoisotopic (exact) mass is 246 g/mol. The number of hydrogen-bond donors (Lipinski definition) is 0. The minimum absolute atomic E-state index is 0.201. The van der Waals surface area contributed by atoms with Gasteiger partial charge in [-0.05, 0) is 33.1 Å². The van der Waals surface area contributed by atoms with Crippen molar-refractivity contribution in [3.63, 3.8) is 0 Å². The van der Waals surface area contributed by atoms with Crippen LogP contribution < -0.4 is 0 Å². The molecule has 1 rings (SSSR count). The van der Waals surface area contributed by atoms with Gasteiger partial charge in [0.15, 0.2) is 6.29 Å². The molecule has 0 saturated heterocycles. The van der Waals surface area contributed by atoms with Gasteiger partial charge >= 0.3 is 0 Å². The van der Waals surface area contributed by atoms with Crippen LogP contribution in [-0.2, 0) is 9.47 Å². The summed E-state index contributed by atoms with van der Waals surface area (Å²) in [5, 5.41) is 0. The number of hydrogen-bond acceptors (Lipinski definition) is 4. The molecule has 0 atom stereocenters. The molecule has 0 aromatic carbocycles. The number of rotatable bonds is 6. The van der Waals surface area contributed by atoms with Crippen LogP contribution in [0.15, 0.2) is 10.3 Å². The minimum atomic E-state index is -0.201. The van der Waals surface area contributed by atoms with E-state index >= 15 is 0 Å². The van der Waals surface area contributed by atoms with Crippen LogP contribution in [0, 0.1) is 6.92 Å². The van der Waals surface area contributed by atoms with E-state index in [4.69, 9.17) is 9.47 Å². The molecule has 1 aromatic rings. The van der Waals surface area contributed by atoms with E-state index in [-0.39, 0.29) is 6.29 Å². The van der Waals surface area contributed by atoms with E-state index in [0.29, 0.717) is 13.2 Å². The Hall–Kier alpha value is -0.0300. The van der Waals surface area contributed by atoms with Gasteiger partial charge in [0.2, 0.25) is 0 Å². The Morgan fingerprint density at radius 2 is 1.93 bits per heavy atom. The number of ether oxygens (including phenoxy) is 2. The summed E-state index contributed by atoms with van der Waals surface area (Å²) in [6, 6.07) is 2.16. The van der Waals surface area contributed by atoms with Crippen LogP contribution in [0.2, 0.25) is 0 Å². The lowest BCUT2D eigenvalue weighted by atomic mass is 10.3. The molecule has 0 unspecified atom stereocenters. The highest BCUT2D eigenvalue weighted by molar-refractivity contribution is 8.00. The van der Waals surface area contributed by atoms with Crippen LogP contribution in [0.3, 0.4) is 0 Å². The van der Waals surface area contributed by atoms with Crippen molar-refractivity contribution in [2.75, 3.05) is 19.5 Å². The first kappa shape index (κ1) is 13.0. The molecular formula is C11H18O2S2. The summed E-state index contributed by atoms with van der Waals surface area (Å²) in [5.74, 6) is 0. The fourth-order valence-corrected chi connectivity index (χ4v) is 3.24. The standard InChI is InChI=1S/C11H18O2S2/c1-5-12-10(13-6-2)9-7-8(3)15-11(9)14-4/h7,10H,5-6H2,1-4H3. The van der Waals surface area contributed by atoms with E-state index < -0.39 is 0 Å². The SMILES string of the molecule is CCOC(OCC)c1cc(C)sc1SC. The molecule has 1 heterocycles. The molecule has 0 amide bonds. The zero-order chi connectivity index (χ0) is 11.3. The van der Waals surface area contributed by atoms with Crippen molar-refractivity contribution in [3.05, 3.63) is 16.5 Å². The van der Waals surface area contributed by atoms with Crippen molar-refractivity contribution in [2.24, 2.45) is 0 Å². The Morgan fingerprint density at radius 1 is 1.33 bits per heavy atom. The highest BCUT2D eigenvalue weighted by Gasteiger charge is 2.17. The summed E-state index contributed by atoms with van der Waals surface area (Å²) < 4.78 is 12.5. The normalized spacial score (nSPS) is 11.3. The first-order chi connectivity index (χ1) is 7.22. The smallest absolute Gasteiger partial charge is 0.185 e. The molecule has 0 aliphatic rings. The maximum atomic E-state index is 5.60. The molecule has 0 radical (unpaired) electrons. The zero-order valence-electron chi connectivity index (χ0n) is 9.70. The van der Waals surface area contributed by atoms with Crippen LogP contribution in [0.25, 0.3) is 0 Å². The second kappa shape index (κ2) is 6.53. The van der Waals surface area contributed by atoms with Crippen molar-refractivity contribution < 1.29 is 9.47 Å². The highest BCUT2D eigenvalue weighted by Crippen LogP contribution is 2.36. The second-order valence-corrected chi connectivity index (χ2v) is 5.38. The third-order valence-corrected chi connectivity index (χ3v) is 4.14. The molecule has 0 aliphatic heterocycles. The van der Waals surface area contributed by atoms with Crippen molar-refractivity contribution in [2.45, 2.75) is 31.3 Å². The minimum Gasteiger partial charge on any atom is -0.349 e. The fourth-order valence-electron chi connectivity index (χ4n) is 1.37. The van der Waals surface area contributed by atoms with E-state index in [1.807, 2.05) is 13.8 Å². The van der Waals surface area contributed by atoms with Gasteiger partial charge in [-0.2, -0.15) is 0 Å². The van der Waals surface area contributed by atoms with Crippen LogP contribution in [0.1, 0.15) is 30.6 Å². The Balaban J connectivity index is 2.87. The maximum Gasteiger partial charge on any atom is 0.185 e. The molecule has 2 nitrogen and oxygen atoms in total. The van der Waals surface area contributed by atoms with Crippen molar-refractivity contribution in [1.82, 2.24) is 0 Å². The predicted molar refractivity (Wildman–Crippen MR) is 66.8 cm³/mol. The van der Waals surface area contributed by atoms with E-state index in [2.05, 4.69) is 19.2 Å². The lowest BCUT2D eigenvalue weighted by Crippen LogP contribution is -2.08. The molecule has 0 bridgehead atoms. The molecule has 0 N–H and O–H groups in total. The van der Waals surface area contributed by atoms with Crippen molar-refractivity contribution in [1.29, 1.82) is 0 Å². The van der Waals surface area contributed by atoms with Gasteiger partial charge in [-0.3, -0.25) is 0 Å². The zero-order valence-corrected chi connectivity index (χ0v) is 11.3. The van der Waals surface area contributed by atoms with Gasteiger partial charge < -0.3 is 9.47 Å². The largest absolute Gasteiger partial charge is 0.349 e. The average molecular weight is 246 g/mol. The Bertz CT molecular complexity index is 291. The molecule has 0 aliphatic carbocycles. The molecule has 0 spiro atoms. The summed E-state index contributed by atoms with van der Waals surface area (Å²) >= 11 is 3.55. The highest BCUT2D eigenvalue weighted by atomic mass is 32.2.